The third-order valence-electron chi connectivity index (χ3n) is 6.33. The van der Waals surface area contributed by atoms with Crippen LogP contribution in [-0.2, 0) is 23.8 Å². The highest BCUT2D eigenvalue weighted by Crippen LogP contribution is 2.39. The molecule has 1 unspecified atom stereocenters. The molecule has 1 heterocycles. The molecule has 0 radical (unpaired) electrons. The van der Waals surface area contributed by atoms with Crippen molar-refractivity contribution in [2.45, 2.75) is 59.7 Å². The smallest absolute Gasteiger partial charge is 0.359 e. The Morgan fingerprint density at radius 2 is 1.60 bits per heavy atom. The van der Waals surface area contributed by atoms with Gasteiger partial charge in [0.15, 0.2) is 5.70 Å². The molecule has 2 aromatic carbocycles. The zero-order valence-corrected chi connectivity index (χ0v) is 24.0. The van der Waals surface area contributed by atoms with Gasteiger partial charge in [0.1, 0.15) is 11.3 Å². The lowest BCUT2D eigenvalue weighted by Crippen LogP contribution is -2.55. The van der Waals surface area contributed by atoms with Crippen molar-refractivity contribution in [3.05, 3.63) is 65.5 Å². The molecule has 10 nitrogen and oxygen atoms in total. The molecule has 0 spiro atoms. The van der Waals surface area contributed by atoms with Crippen molar-refractivity contribution < 1.29 is 38.8 Å². The van der Waals surface area contributed by atoms with Crippen LogP contribution in [0.25, 0.3) is 11.1 Å². The minimum Gasteiger partial charge on any atom is -0.478 e. The minimum absolute atomic E-state index is 0.0280. The zero-order chi connectivity index (χ0) is 29.9. The molecule has 1 aliphatic heterocycles. The van der Waals surface area contributed by atoms with Crippen molar-refractivity contribution in [2.75, 3.05) is 24.9 Å². The second kappa shape index (κ2) is 11.7. The van der Waals surface area contributed by atoms with Crippen molar-refractivity contribution in [1.29, 1.82) is 0 Å². The van der Waals surface area contributed by atoms with Gasteiger partial charge in [-0.2, -0.15) is 0 Å². The number of benzene rings is 2. The summed E-state index contributed by atoms with van der Waals surface area (Å²) >= 11 is 0. The molecule has 3 rings (SSSR count). The minimum atomic E-state index is -1.47. The quantitative estimate of drug-likeness (QED) is 0.288. The molecular formula is C30H38N2O8. The summed E-state index contributed by atoms with van der Waals surface area (Å²) in [4.78, 5) is 39.1. The molecule has 0 bridgehead atoms. The van der Waals surface area contributed by atoms with Crippen LogP contribution < -0.4 is 10.2 Å². The molecule has 3 N–H and O–H groups in total. The number of carbonyl (C=O) groups excluding carboxylic acids is 2. The molecule has 40 heavy (non-hydrogen) atoms. The molecule has 0 amide bonds. The summed E-state index contributed by atoms with van der Waals surface area (Å²) < 4.78 is 16.2. The van der Waals surface area contributed by atoms with E-state index in [1.165, 1.54) is 6.07 Å². The number of carbonyl (C=O) groups is 3. The fourth-order valence-corrected chi connectivity index (χ4v) is 4.33. The maximum absolute atomic E-state index is 13.5. The van der Waals surface area contributed by atoms with E-state index in [4.69, 9.17) is 14.2 Å². The van der Waals surface area contributed by atoms with E-state index in [-0.39, 0.29) is 23.6 Å². The zero-order valence-electron chi connectivity index (χ0n) is 24.0. The summed E-state index contributed by atoms with van der Waals surface area (Å²) in [6.45, 7) is 11.8. The normalized spacial score (nSPS) is 17.4. The molecule has 0 saturated carbocycles. The Balaban J connectivity index is 2.05. The van der Waals surface area contributed by atoms with Gasteiger partial charge < -0.3 is 34.6 Å². The summed E-state index contributed by atoms with van der Waals surface area (Å²) in [5.41, 5.74) is -1.08. The van der Waals surface area contributed by atoms with E-state index >= 15 is 0 Å². The highest BCUT2D eigenvalue weighted by atomic mass is 16.7. The lowest BCUT2D eigenvalue weighted by molar-refractivity contribution is -0.171. The molecule has 1 atom stereocenters. The molecule has 0 aliphatic carbocycles. The SMILES string of the molecule is CCOCC1(C)NC(C(C)(C)O)=C(C(=O)OCOC(=O)C(C)(C)C)N1c1ccc(-c2ccccc2C(=O)O)cc1. The summed E-state index contributed by atoms with van der Waals surface area (Å²) in [5, 5.41) is 23.9. The number of aromatic carboxylic acids is 1. The predicted octanol–water partition coefficient (Wildman–Crippen LogP) is 4.29. The van der Waals surface area contributed by atoms with E-state index in [9.17, 15) is 24.6 Å². The van der Waals surface area contributed by atoms with Gasteiger partial charge in [0.05, 0.1) is 23.3 Å². The molecule has 216 valence electrons. The van der Waals surface area contributed by atoms with E-state index < -0.39 is 41.4 Å². The number of hydrogen-bond donors (Lipinski definition) is 3. The first-order chi connectivity index (χ1) is 18.6. The van der Waals surface area contributed by atoms with E-state index in [0.717, 1.165) is 0 Å². The van der Waals surface area contributed by atoms with Gasteiger partial charge in [-0.1, -0.05) is 30.3 Å². The maximum Gasteiger partial charge on any atom is 0.359 e. The van der Waals surface area contributed by atoms with Crippen LogP contribution >= 0.6 is 0 Å². The lowest BCUT2D eigenvalue weighted by atomic mass is 9.98. The molecule has 0 aromatic heterocycles. The van der Waals surface area contributed by atoms with Gasteiger partial charge in [0.2, 0.25) is 6.79 Å². The largest absolute Gasteiger partial charge is 0.478 e. The van der Waals surface area contributed by atoms with E-state index in [1.807, 2.05) is 13.8 Å². The number of carboxylic acid groups (broad SMARTS) is 1. The summed E-state index contributed by atoms with van der Waals surface area (Å²) in [7, 11) is 0. The number of aliphatic hydroxyl groups is 1. The molecule has 10 heteroatoms. The number of nitrogens with zero attached hydrogens (tertiary/aromatic N) is 1. The fourth-order valence-electron chi connectivity index (χ4n) is 4.33. The summed E-state index contributed by atoms with van der Waals surface area (Å²) in [6.07, 6.45) is 0. The van der Waals surface area contributed by atoms with Crippen LogP contribution in [0, 0.1) is 5.41 Å². The van der Waals surface area contributed by atoms with Crippen LogP contribution in [0.4, 0.5) is 5.69 Å². The number of esters is 2. The molecule has 1 aliphatic rings. The van der Waals surface area contributed by atoms with Gasteiger partial charge in [0.25, 0.3) is 0 Å². The van der Waals surface area contributed by atoms with Gasteiger partial charge in [-0.3, -0.25) is 4.79 Å². The first kappa shape index (κ1) is 30.6. The molecule has 2 aromatic rings. The number of anilines is 1. The highest BCUT2D eigenvalue weighted by Gasteiger charge is 2.49. The van der Waals surface area contributed by atoms with Crippen LogP contribution in [0.3, 0.4) is 0 Å². The van der Waals surface area contributed by atoms with E-state index in [0.29, 0.717) is 23.4 Å². The molecule has 0 saturated heterocycles. The van der Waals surface area contributed by atoms with Gasteiger partial charge >= 0.3 is 17.9 Å². The second-order valence-electron chi connectivity index (χ2n) is 11.3. The molecular weight excluding hydrogens is 516 g/mol. The summed E-state index contributed by atoms with van der Waals surface area (Å²) in [5.74, 6) is -2.38. The van der Waals surface area contributed by atoms with Crippen molar-refractivity contribution >= 4 is 23.6 Å². The Bertz CT molecular complexity index is 1290. The number of ether oxygens (including phenoxy) is 3. The first-order valence-electron chi connectivity index (χ1n) is 13.0. The average Bonchev–Trinajstić information content (AvgIpc) is 3.21. The Hall–Kier alpha value is -3.89. The van der Waals surface area contributed by atoms with Gasteiger partial charge in [-0.05, 0) is 77.8 Å². The second-order valence-corrected chi connectivity index (χ2v) is 11.3. The molecule has 0 fully saturated rings. The van der Waals surface area contributed by atoms with Crippen LogP contribution in [0.2, 0.25) is 0 Å². The third kappa shape index (κ3) is 6.63. The van der Waals surface area contributed by atoms with Crippen molar-refractivity contribution in [3.8, 4) is 11.1 Å². The Morgan fingerprint density at radius 1 is 0.975 bits per heavy atom. The van der Waals surface area contributed by atoms with Crippen molar-refractivity contribution in [1.82, 2.24) is 5.32 Å². The van der Waals surface area contributed by atoms with Gasteiger partial charge in [-0.25, -0.2) is 9.59 Å². The Morgan fingerprint density at radius 3 is 2.15 bits per heavy atom. The Labute approximate surface area is 234 Å². The van der Waals surface area contributed by atoms with Crippen molar-refractivity contribution in [3.63, 3.8) is 0 Å². The third-order valence-corrected chi connectivity index (χ3v) is 6.33. The van der Waals surface area contributed by atoms with E-state index in [1.54, 1.807) is 82.0 Å². The fraction of sp³-hybridized carbons (Fsp3) is 0.433. The Kier molecular flexibility index (Phi) is 8.96. The average molecular weight is 555 g/mol. The first-order valence-corrected chi connectivity index (χ1v) is 13.0. The number of carboxylic acids is 1. The predicted molar refractivity (Wildman–Crippen MR) is 149 cm³/mol. The van der Waals surface area contributed by atoms with Crippen LogP contribution in [0.5, 0.6) is 0 Å². The van der Waals surface area contributed by atoms with E-state index in [2.05, 4.69) is 5.32 Å². The number of nitrogens with one attached hydrogen (secondary N) is 1. The van der Waals surface area contributed by atoms with Crippen molar-refractivity contribution in [2.24, 2.45) is 5.41 Å². The lowest BCUT2D eigenvalue weighted by Gasteiger charge is -2.38. The van der Waals surface area contributed by atoms with Gasteiger partial charge in [-0.15, -0.1) is 0 Å². The topological polar surface area (TPSA) is 135 Å². The number of hydrogen-bond acceptors (Lipinski definition) is 9. The van der Waals surface area contributed by atoms with Crippen LogP contribution in [-0.4, -0.2) is 59.4 Å². The van der Waals surface area contributed by atoms with Crippen LogP contribution in [0.1, 0.15) is 58.8 Å². The highest BCUT2D eigenvalue weighted by molar-refractivity contribution is 5.97. The number of rotatable bonds is 10. The van der Waals surface area contributed by atoms with Crippen LogP contribution in [0.15, 0.2) is 59.9 Å². The summed E-state index contributed by atoms with van der Waals surface area (Å²) in [6, 6.07) is 13.7. The monoisotopic (exact) mass is 554 g/mol. The van der Waals surface area contributed by atoms with Gasteiger partial charge in [0, 0.05) is 12.3 Å². The standard InChI is InChI=1S/C30H38N2O8/c1-8-38-17-30(7)31-24(29(5,6)37)23(26(35)39-18-40-27(36)28(2,3)4)32(30)20-15-13-19(14-16-20)21-11-9-10-12-22(21)25(33)34/h9-16,31,37H,8,17-18H2,1-7H3,(H,33,34). The maximum atomic E-state index is 13.5.